The van der Waals surface area contributed by atoms with Crippen molar-refractivity contribution in [3.05, 3.63) is 0 Å². The highest BCUT2D eigenvalue weighted by Gasteiger charge is 2.17. The van der Waals surface area contributed by atoms with Crippen LogP contribution in [-0.4, -0.2) is 83.3 Å². The minimum Gasteiger partial charge on any atom is -0.447 e. The fourth-order valence-electron chi connectivity index (χ4n) is 2.24. The van der Waals surface area contributed by atoms with Crippen LogP contribution in [0.2, 0.25) is 0 Å². The molecule has 4 N–H and O–H groups in total. The van der Waals surface area contributed by atoms with Crippen molar-refractivity contribution in [1.29, 1.82) is 0 Å². The molecule has 13 nitrogen and oxygen atoms in total. The first-order valence-electron chi connectivity index (χ1n) is 10.3. The van der Waals surface area contributed by atoms with Gasteiger partial charge >= 0.3 is 20.0 Å². The minimum absolute atomic E-state index is 0. The maximum absolute atomic E-state index is 11.9. The van der Waals surface area contributed by atoms with E-state index in [2.05, 4.69) is 20.5 Å². The molecule has 0 heterocycles. The van der Waals surface area contributed by atoms with E-state index >= 15 is 0 Å². The molecule has 0 aliphatic heterocycles. The van der Waals surface area contributed by atoms with Gasteiger partial charge in [0.25, 0.3) is 0 Å². The summed E-state index contributed by atoms with van der Waals surface area (Å²) in [6, 6.07) is 0. The molecule has 0 aromatic heterocycles. The minimum atomic E-state index is -3.90. The number of hydrogen-bond donors (Lipinski definition) is 4. The molecule has 14 heteroatoms. The molecular formula is C19H40N3O10P. The van der Waals surface area contributed by atoms with E-state index in [1.54, 1.807) is 0 Å². The van der Waals surface area contributed by atoms with Gasteiger partial charge in [-0.3, -0.25) is 13.8 Å². The molecule has 0 fully saturated rings. The molecule has 33 heavy (non-hydrogen) atoms. The Morgan fingerprint density at radius 2 is 1.48 bits per heavy atom. The SMILES string of the molecule is C.CNC(=O)OCC(COC(=O)NC)OCCCC(=O)NCCCCCCOP(=O)(O)OC. The highest BCUT2D eigenvalue weighted by molar-refractivity contribution is 7.47. The number of phosphoric acid groups is 1. The fraction of sp³-hybridized carbons (Fsp3) is 0.842. The molecule has 0 saturated heterocycles. The van der Waals surface area contributed by atoms with Crippen LogP contribution in [0.5, 0.6) is 0 Å². The molecule has 0 aliphatic rings. The molecule has 3 amide bonds. The zero-order valence-corrected chi connectivity index (χ0v) is 19.8. The lowest BCUT2D eigenvalue weighted by Gasteiger charge is -2.17. The fourth-order valence-corrected chi connectivity index (χ4v) is 2.70. The summed E-state index contributed by atoms with van der Waals surface area (Å²) in [5.41, 5.74) is 0. The van der Waals surface area contributed by atoms with Crippen molar-refractivity contribution in [2.45, 2.75) is 52.1 Å². The van der Waals surface area contributed by atoms with Crippen molar-refractivity contribution < 1.29 is 47.1 Å². The molecule has 0 aromatic carbocycles. The van der Waals surface area contributed by atoms with Gasteiger partial charge in [0.1, 0.15) is 19.3 Å². The van der Waals surface area contributed by atoms with Crippen LogP contribution in [0.1, 0.15) is 46.0 Å². The summed E-state index contributed by atoms with van der Waals surface area (Å²) in [7, 11) is 0.0462. The van der Waals surface area contributed by atoms with Crippen molar-refractivity contribution in [3.63, 3.8) is 0 Å². The van der Waals surface area contributed by atoms with Crippen LogP contribution in [0.3, 0.4) is 0 Å². The Morgan fingerprint density at radius 3 is 2.03 bits per heavy atom. The first-order chi connectivity index (χ1) is 15.2. The van der Waals surface area contributed by atoms with E-state index in [4.69, 9.17) is 23.6 Å². The van der Waals surface area contributed by atoms with Crippen LogP contribution in [0.25, 0.3) is 0 Å². The lowest BCUT2D eigenvalue weighted by Crippen LogP contribution is -2.33. The van der Waals surface area contributed by atoms with E-state index < -0.39 is 26.1 Å². The maximum Gasteiger partial charge on any atom is 0.471 e. The van der Waals surface area contributed by atoms with E-state index in [1.165, 1.54) is 14.1 Å². The smallest absolute Gasteiger partial charge is 0.447 e. The van der Waals surface area contributed by atoms with Gasteiger partial charge in [0.15, 0.2) is 0 Å². The summed E-state index contributed by atoms with van der Waals surface area (Å²) in [5.74, 6) is -0.113. The molecule has 0 spiro atoms. The largest absolute Gasteiger partial charge is 0.471 e. The number of rotatable bonds is 18. The van der Waals surface area contributed by atoms with E-state index in [1.807, 2.05) is 0 Å². The van der Waals surface area contributed by atoms with Gasteiger partial charge in [0, 0.05) is 40.8 Å². The van der Waals surface area contributed by atoms with Gasteiger partial charge in [-0.05, 0) is 19.3 Å². The zero-order valence-electron chi connectivity index (χ0n) is 18.9. The van der Waals surface area contributed by atoms with Crippen molar-refractivity contribution >= 4 is 25.9 Å². The average molecular weight is 502 g/mol. The summed E-state index contributed by atoms with van der Waals surface area (Å²) < 4.78 is 35.5. The monoisotopic (exact) mass is 501 g/mol. The standard InChI is InChI=1S/C18H36N3O10P.CH4/c1-19-17(23)29-13-15(14-30-18(24)20-2)28-11-8-9-16(22)21-10-6-4-5-7-12-31-32(25,26)27-3;/h15H,4-14H2,1-3H3,(H,19,23)(H,20,24)(H,21,22)(H,25,26);1H4. The Hall–Kier alpha value is -1.92. The van der Waals surface area contributed by atoms with E-state index in [-0.39, 0.29) is 46.2 Å². The van der Waals surface area contributed by atoms with Crippen molar-refractivity contribution in [1.82, 2.24) is 16.0 Å². The first kappa shape index (κ1) is 33.3. The number of carbonyl (C=O) groups excluding carboxylic acids is 3. The number of unbranched alkanes of at least 4 members (excludes halogenated alkanes) is 3. The maximum atomic E-state index is 11.9. The van der Waals surface area contributed by atoms with E-state index in [0.29, 0.717) is 19.4 Å². The van der Waals surface area contributed by atoms with Crippen molar-refractivity contribution in [3.8, 4) is 0 Å². The normalized spacial score (nSPS) is 12.3. The highest BCUT2D eigenvalue weighted by Crippen LogP contribution is 2.41. The van der Waals surface area contributed by atoms with Gasteiger partial charge in [0.2, 0.25) is 5.91 Å². The molecule has 196 valence electrons. The molecule has 0 saturated carbocycles. The number of nitrogens with one attached hydrogen (secondary N) is 3. The molecule has 1 atom stereocenters. The van der Waals surface area contributed by atoms with Crippen LogP contribution in [0.15, 0.2) is 0 Å². The van der Waals surface area contributed by atoms with Gasteiger partial charge in [-0.25, -0.2) is 14.2 Å². The van der Waals surface area contributed by atoms with Crippen molar-refractivity contribution in [2.24, 2.45) is 0 Å². The Labute approximate surface area is 195 Å². The number of ether oxygens (including phenoxy) is 3. The summed E-state index contributed by atoms with van der Waals surface area (Å²) >= 11 is 0. The van der Waals surface area contributed by atoms with Crippen LogP contribution in [0, 0.1) is 0 Å². The van der Waals surface area contributed by atoms with Gasteiger partial charge < -0.3 is 35.1 Å². The number of alkyl carbamates (subject to hydrolysis) is 2. The number of amides is 3. The Balaban J connectivity index is 0. The van der Waals surface area contributed by atoms with Gasteiger partial charge in [-0.15, -0.1) is 0 Å². The van der Waals surface area contributed by atoms with Crippen LogP contribution in [0.4, 0.5) is 9.59 Å². The zero-order chi connectivity index (χ0) is 24.2. The van der Waals surface area contributed by atoms with Crippen LogP contribution in [-0.2, 0) is 32.6 Å². The lowest BCUT2D eigenvalue weighted by molar-refractivity contribution is -0.121. The summed E-state index contributed by atoms with van der Waals surface area (Å²) in [6.45, 7) is 0.684. The number of phosphoric ester groups is 1. The van der Waals surface area contributed by atoms with Gasteiger partial charge in [0.05, 0.1) is 6.61 Å². The third-order valence-electron chi connectivity index (χ3n) is 3.99. The quantitative estimate of drug-likeness (QED) is 0.161. The molecule has 0 aliphatic carbocycles. The molecule has 0 rings (SSSR count). The molecule has 0 aromatic rings. The van der Waals surface area contributed by atoms with Crippen LogP contribution < -0.4 is 16.0 Å². The predicted molar refractivity (Wildman–Crippen MR) is 121 cm³/mol. The van der Waals surface area contributed by atoms with Crippen LogP contribution >= 0.6 is 7.82 Å². The lowest BCUT2D eigenvalue weighted by atomic mass is 10.2. The second-order valence-corrected chi connectivity index (χ2v) is 8.10. The Bertz CT molecular complexity index is 574. The molecule has 0 radical (unpaired) electrons. The average Bonchev–Trinajstić information content (AvgIpc) is 2.78. The predicted octanol–water partition coefficient (Wildman–Crippen LogP) is 1.94. The molecule has 1 unspecified atom stereocenters. The second kappa shape index (κ2) is 20.7. The van der Waals surface area contributed by atoms with Gasteiger partial charge in [-0.2, -0.15) is 0 Å². The summed E-state index contributed by atoms with van der Waals surface area (Å²) in [6.07, 6.45) is 1.82. The van der Waals surface area contributed by atoms with E-state index in [9.17, 15) is 18.9 Å². The Morgan fingerprint density at radius 1 is 0.909 bits per heavy atom. The number of carbonyl (C=O) groups is 3. The second-order valence-electron chi connectivity index (χ2n) is 6.54. The van der Waals surface area contributed by atoms with Crippen molar-refractivity contribution in [2.75, 3.05) is 54.2 Å². The van der Waals surface area contributed by atoms with E-state index in [0.717, 1.165) is 26.4 Å². The topological polar surface area (TPSA) is 171 Å². The first-order valence-corrected chi connectivity index (χ1v) is 11.8. The third-order valence-corrected chi connectivity index (χ3v) is 4.96. The third kappa shape index (κ3) is 20.4. The number of hydrogen-bond acceptors (Lipinski definition) is 9. The molecule has 0 bridgehead atoms. The van der Waals surface area contributed by atoms with Gasteiger partial charge in [-0.1, -0.05) is 20.3 Å². The highest BCUT2D eigenvalue weighted by atomic mass is 31.2. The summed E-state index contributed by atoms with van der Waals surface area (Å²) in [4.78, 5) is 43.3. The Kier molecular flexibility index (Phi) is 20.8. The molecular weight excluding hydrogens is 461 g/mol. The summed E-state index contributed by atoms with van der Waals surface area (Å²) in [5, 5.41) is 7.41.